The lowest BCUT2D eigenvalue weighted by atomic mass is 10.0. The second kappa shape index (κ2) is 1.71. The van der Waals surface area contributed by atoms with Crippen LogP contribution in [-0.4, -0.2) is 16.7 Å². The first-order valence-electron chi connectivity index (χ1n) is 3.07. The van der Waals surface area contributed by atoms with Gasteiger partial charge in [-0.3, -0.25) is 0 Å². The number of aliphatic hydroxyl groups excluding tert-OH is 1. The van der Waals surface area contributed by atoms with E-state index in [1.165, 1.54) is 0 Å². The van der Waals surface area contributed by atoms with Crippen LogP contribution in [0.4, 0.5) is 0 Å². The maximum Gasteiger partial charge on any atom is 0.0558 e. The summed E-state index contributed by atoms with van der Waals surface area (Å²) in [6, 6.07) is 0. The summed E-state index contributed by atoms with van der Waals surface area (Å²) < 4.78 is 0. The zero-order chi connectivity index (χ0) is 6.20. The Balaban J connectivity index is 2.44. The molecule has 3 N–H and O–H groups in total. The van der Waals surface area contributed by atoms with Gasteiger partial charge in [-0.15, -0.1) is 0 Å². The SMILES string of the molecule is C[C@]1(N)CCC(O)C1. The Morgan fingerprint density at radius 1 is 1.75 bits per heavy atom. The largest absolute Gasteiger partial charge is 0.393 e. The highest BCUT2D eigenvalue weighted by molar-refractivity contribution is 4.88. The van der Waals surface area contributed by atoms with Gasteiger partial charge in [-0.2, -0.15) is 0 Å². The van der Waals surface area contributed by atoms with E-state index in [0.717, 1.165) is 19.3 Å². The van der Waals surface area contributed by atoms with Gasteiger partial charge in [0.25, 0.3) is 0 Å². The van der Waals surface area contributed by atoms with Gasteiger partial charge < -0.3 is 10.8 Å². The van der Waals surface area contributed by atoms with Gasteiger partial charge in [0, 0.05) is 5.54 Å². The van der Waals surface area contributed by atoms with E-state index in [0.29, 0.717) is 0 Å². The number of aliphatic hydroxyl groups is 1. The maximum atomic E-state index is 8.98. The summed E-state index contributed by atoms with van der Waals surface area (Å²) in [5.41, 5.74) is 5.62. The summed E-state index contributed by atoms with van der Waals surface area (Å²) in [6.07, 6.45) is 2.48. The van der Waals surface area contributed by atoms with Gasteiger partial charge >= 0.3 is 0 Å². The minimum Gasteiger partial charge on any atom is -0.393 e. The molecule has 0 radical (unpaired) electrons. The van der Waals surface area contributed by atoms with Crippen LogP contribution in [0.3, 0.4) is 0 Å². The van der Waals surface area contributed by atoms with Gasteiger partial charge in [0.05, 0.1) is 6.10 Å². The standard InChI is InChI=1S/C6H13NO/c1-6(7)3-2-5(8)4-6/h5,8H,2-4,7H2,1H3/t5?,6-/m0/s1. The molecule has 2 atom stereocenters. The predicted octanol–water partition coefficient (Wildman–Crippen LogP) is 0.249. The molecule has 2 heteroatoms. The molecule has 0 aromatic heterocycles. The van der Waals surface area contributed by atoms with Crippen molar-refractivity contribution in [3.05, 3.63) is 0 Å². The van der Waals surface area contributed by atoms with Crippen LogP contribution in [0, 0.1) is 0 Å². The molecule has 48 valence electrons. The third-order valence-electron chi connectivity index (χ3n) is 1.75. The van der Waals surface area contributed by atoms with E-state index in [9.17, 15) is 0 Å². The Hall–Kier alpha value is -0.0800. The lowest BCUT2D eigenvalue weighted by Gasteiger charge is -2.14. The third kappa shape index (κ3) is 1.20. The average molecular weight is 115 g/mol. The van der Waals surface area contributed by atoms with Crippen LogP contribution in [0.25, 0.3) is 0 Å². The van der Waals surface area contributed by atoms with E-state index in [1.807, 2.05) is 6.92 Å². The molecule has 0 amide bonds. The maximum absolute atomic E-state index is 8.98. The molecule has 0 spiro atoms. The Labute approximate surface area is 49.7 Å². The van der Waals surface area contributed by atoms with Crippen LogP contribution in [0.1, 0.15) is 26.2 Å². The Morgan fingerprint density at radius 2 is 2.38 bits per heavy atom. The Morgan fingerprint density at radius 3 is 2.50 bits per heavy atom. The molecule has 1 saturated carbocycles. The highest BCUT2D eigenvalue weighted by Crippen LogP contribution is 2.26. The lowest BCUT2D eigenvalue weighted by molar-refractivity contribution is 0.176. The Kier molecular flexibility index (Phi) is 1.29. The summed E-state index contributed by atoms with van der Waals surface area (Å²) in [7, 11) is 0. The van der Waals surface area contributed by atoms with Gasteiger partial charge in [0.2, 0.25) is 0 Å². The second-order valence-electron chi connectivity index (χ2n) is 3.05. The first-order valence-corrected chi connectivity index (χ1v) is 3.07. The van der Waals surface area contributed by atoms with Crippen molar-refractivity contribution >= 4 is 0 Å². The third-order valence-corrected chi connectivity index (χ3v) is 1.75. The molecular weight excluding hydrogens is 102 g/mol. The molecule has 0 bridgehead atoms. The van der Waals surface area contributed by atoms with Gasteiger partial charge in [-0.25, -0.2) is 0 Å². The van der Waals surface area contributed by atoms with Crippen molar-refractivity contribution < 1.29 is 5.11 Å². The fraction of sp³-hybridized carbons (Fsp3) is 1.00. The van der Waals surface area contributed by atoms with Crippen molar-refractivity contribution in [1.82, 2.24) is 0 Å². The van der Waals surface area contributed by atoms with Crippen molar-refractivity contribution in [2.24, 2.45) is 5.73 Å². The summed E-state index contributed by atoms with van der Waals surface area (Å²) >= 11 is 0. The van der Waals surface area contributed by atoms with Crippen LogP contribution >= 0.6 is 0 Å². The molecule has 0 heterocycles. The van der Waals surface area contributed by atoms with Crippen molar-refractivity contribution in [2.75, 3.05) is 0 Å². The normalized spacial score (nSPS) is 47.6. The van der Waals surface area contributed by atoms with Crippen LogP contribution in [0.15, 0.2) is 0 Å². The van der Waals surface area contributed by atoms with E-state index >= 15 is 0 Å². The number of hydrogen-bond donors (Lipinski definition) is 2. The quantitative estimate of drug-likeness (QED) is 0.475. The smallest absolute Gasteiger partial charge is 0.0558 e. The average Bonchev–Trinajstić information content (AvgIpc) is 1.82. The molecule has 0 aromatic rings. The predicted molar refractivity (Wildman–Crippen MR) is 32.5 cm³/mol. The van der Waals surface area contributed by atoms with Crippen molar-refractivity contribution in [2.45, 2.75) is 37.8 Å². The molecule has 1 aliphatic carbocycles. The molecule has 1 aliphatic rings. The number of hydrogen-bond acceptors (Lipinski definition) is 2. The molecule has 1 unspecified atom stereocenters. The zero-order valence-electron chi connectivity index (χ0n) is 5.22. The molecule has 0 aliphatic heterocycles. The van der Waals surface area contributed by atoms with Crippen molar-refractivity contribution in [3.8, 4) is 0 Å². The zero-order valence-corrected chi connectivity index (χ0v) is 5.22. The molecule has 1 rings (SSSR count). The fourth-order valence-corrected chi connectivity index (χ4v) is 1.24. The lowest BCUT2D eigenvalue weighted by Crippen LogP contribution is -2.32. The second-order valence-corrected chi connectivity index (χ2v) is 3.05. The van der Waals surface area contributed by atoms with E-state index in [1.54, 1.807) is 0 Å². The monoisotopic (exact) mass is 115 g/mol. The molecule has 8 heavy (non-hydrogen) atoms. The molecule has 0 saturated heterocycles. The van der Waals surface area contributed by atoms with E-state index in [-0.39, 0.29) is 11.6 Å². The molecular formula is C6H13NO. The van der Waals surface area contributed by atoms with Gasteiger partial charge in [0.15, 0.2) is 0 Å². The molecule has 1 fully saturated rings. The summed E-state index contributed by atoms with van der Waals surface area (Å²) in [6.45, 7) is 1.99. The minimum absolute atomic E-state index is 0.0839. The molecule has 2 nitrogen and oxygen atoms in total. The summed E-state index contributed by atoms with van der Waals surface area (Å²) in [5, 5.41) is 8.98. The van der Waals surface area contributed by atoms with E-state index < -0.39 is 0 Å². The topological polar surface area (TPSA) is 46.2 Å². The van der Waals surface area contributed by atoms with Crippen LogP contribution in [-0.2, 0) is 0 Å². The van der Waals surface area contributed by atoms with E-state index in [4.69, 9.17) is 10.8 Å². The Bertz CT molecular complexity index is 90.5. The van der Waals surface area contributed by atoms with E-state index in [2.05, 4.69) is 0 Å². The first kappa shape index (κ1) is 6.05. The first-order chi connectivity index (χ1) is 3.60. The van der Waals surface area contributed by atoms with Gasteiger partial charge in [-0.1, -0.05) is 0 Å². The van der Waals surface area contributed by atoms with Crippen LogP contribution in [0.2, 0.25) is 0 Å². The fourth-order valence-electron chi connectivity index (χ4n) is 1.24. The summed E-state index contributed by atoms with van der Waals surface area (Å²) in [4.78, 5) is 0. The van der Waals surface area contributed by atoms with Crippen molar-refractivity contribution in [3.63, 3.8) is 0 Å². The van der Waals surface area contributed by atoms with Crippen LogP contribution < -0.4 is 5.73 Å². The molecule has 0 aromatic carbocycles. The van der Waals surface area contributed by atoms with Gasteiger partial charge in [-0.05, 0) is 26.2 Å². The minimum atomic E-state index is -0.134. The highest BCUT2D eigenvalue weighted by Gasteiger charge is 2.29. The van der Waals surface area contributed by atoms with Crippen molar-refractivity contribution in [1.29, 1.82) is 0 Å². The van der Waals surface area contributed by atoms with Gasteiger partial charge in [0.1, 0.15) is 0 Å². The summed E-state index contributed by atoms with van der Waals surface area (Å²) in [5.74, 6) is 0. The number of rotatable bonds is 0. The number of nitrogens with two attached hydrogens (primary N) is 1. The van der Waals surface area contributed by atoms with Crippen LogP contribution in [0.5, 0.6) is 0 Å². The highest BCUT2D eigenvalue weighted by atomic mass is 16.3.